The predicted octanol–water partition coefficient (Wildman–Crippen LogP) is 2.20. The quantitative estimate of drug-likeness (QED) is 0.846. The van der Waals surface area contributed by atoms with Gasteiger partial charge in [-0.15, -0.1) is 0 Å². The summed E-state index contributed by atoms with van der Waals surface area (Å²) in [5, 5.41) is 15.7. The maximum absolute atomic E-state index is 9.80. The molecule has 0 fully saturated rings. The van der Waals surface area contributed by atoms with Gasteiger partial charge < -0.3 is 15.3 Å². The molecule has 2 rings (SSSR count). The first-order chi connectivity index (χ1) is 9.55. The molecule has 2 aromatic carbocycles. The number of nitrogens with one attached hydrogen (secondary N) is 1. The van der Waals surface area contributed by atoms with E-state index in [4.69, 9.17) is 0 Å². The Balaban J connectivity index is 2.23. The lowest BCUT2D eigenvalue weighted by Gasteiger charge is -2.30. The van der Waals surface area contributed by atoms with Crippen LogP contribution >= 0.6 is 0 Å². The van der Waals surface area contributed by atoms with Crippen molar-refractivity contribution in [3.63, 3.8) is 0 Å². The molecule has 3 heteroatoms. The van der Waals surface area contributed by atoms with Crippen LogP contribution in [0.3, 0.4) is 0 Å². The molecule has 108 valence electrons. The van der Waals surface area contributed by atoms with E-state index in [2.05, 4.69) is 40.5 Å². The molecule has 2 N–H and O–H groups in total. The Morgan fingerprint density at radius 2 is 1.80 bits per heavy atom. The van der Waals surface area contributed by atoms with E-state index >= 15 is 0 Å². The average Bonchev–Trinajstić information content (AvgIpc) is 2.46. The molecule has 0 heterocycles. The van der Waals surface area contributed by atoms with E-state index in [1.165, 1.54) is 10.8 Å². The van der Waals surface area contributed by atoms with E-state index in [0.29, 0.717) is 0 Å². The van der Waals surface area contributed by atoms with Gasteiger partial charge in [-0.25, -0.2) is 0 Å². The van der Waals surface area contributed by atoms with E-state index in [1.807, 2.05) is 33.2 Å². The molecule has 2 aromatic rings. The van der Waals surface area contributed by atoms with Gasteiger partial charge in [0.25, 0.3) is 0 Å². The summed E-state index contributed by atoms with van der Waals surface area (Å²) in [6, 6.07) is 14.7. The van der Waals surface area contributed by atoms with E-state index in [1.54, 1.807) is 0 Å². The van der Waals surface area contributed by atoms with Crippen LogP contribution in [-0.4, -0.2) is 43.8 Å². The molecule has 0 aliphatic carbocycles. The van der Waals surface area contributed by atoms with Gasteiger partial charge in [0.15, 0.2) is 0 Å². The number of aliphatic hydroxyl groups is 1. The molecule has 0 spiro atoms. The lowest BCUT2D eigenvalue weighted by molar-refractivity contribution is 0.172. The molecular formula is C17H24N2O. The lowest BCUT2D eigenvalue weighted by atomic mass is 9.91. The Morgan fingerprint density at radius 3 is 2.45 bits per heavy atom. The Labute approximate surface area is 121 Å². The number of benzene rings is 2. The number of fused-ring (bicyclic) bond motifs is 1. The maximum atomic E-state index is 9.80. The SMILES string of the molecule is CN(C)CCNC(C)(CO)c1ccc2ccccc2c1. The minimum Gasteiger partial charge on any atom is -0.394 e. The predicted molar refractivity (Wildman–Crippen MR) is 84.9 cm³/mol. The Hall–Kier alpha value is -1.42. The van der Waals surface area contributed by atoms with Crippen LogP contribution in [0.1, 0.15) is 12.5 Å². The van der Waals surface area contributed by atoms with Crippen molar-refractivity contribution in [2.45, 2.75) is 12.5 Å². The normalized spacial score (nSPS) is 14.7. The molecule has 0 amide bonds. The Kier molecular flexibility index (Phi) is 4.76. The van der Waals surface area contributed by atoms with Crippen LogP contribution in [-0.2, 0) is 5.54 Å². The Bertz CT molecular complexity index is 568. The zero-order valence-electron chi connectivity index (χ0n) is 12.6. The van der Waals surface area contributed by atoms with Crippen molar-refractivity contribution < 1.29 is 5.11 Å². The van der Waals surface area contributed by atoms with Crippen molar-refractivity contribution >= 4 is 10.8 Å². The van der Waals surface area contributed by atoms with Gasteiger partial charge in [0.05, 0.1) is 12.1 Å². The number of likely N-dealkylation sites (N-methyl/N-ethyl adjacent to an activating group) is 1. The first-order valence-electron chi connectivity index (χ1n) is 7.05. The summed E-state index contributed by atoms with van der Waals surface area (Å²) in [7, 11) is 4.10. The van der Waals surface area contributed by atoms with Crippen molar-refractivity contribution in [2.24, 2.45) is 0 Å². The van der Waals surface area contributed by atoms with Gasteiger partial charge in [0.2, 0.25) is 0 Å². The van der Waals surface area contributed by atoms with E-state index < -0.39 is 5.54 Å². The molecule has 0 bridgehead atoms. The third kappa shape index (κ3) is 3.37. The fourth-order valence-electron chi connectivity index (χ4n) is 2.34. The summed E-state index contributed by atoms with van der Waals surface area (Å²) in [6.45, 7) is 3.92. The summed E-state index contributed by atoms with van der Waals surface area (Å²) in [6.07, 6.45) is 0. The van der Waals surface area contributed by atoms with Crippen molar-refractivity contribution in [1.29, 1.82) is 0 Å². The van der Waals surface area contributed by atoms with Gasteiger partial charge >= 0.3 is 0 Å². The fourth-order valence-corrected chi connectivity index (χ4v) is 2.34. The van der Waals surface area contributed by atoms with Crippen molar-refractivity contribution in [3.05, 3.63) is 48.0 Å². The standard InChI is InChI=1S/C17H24N2O/c1-17(13-20,18-10-11-19(2)3)16-9-8-14-6-4-5-7-15(14)12-16/h4-9,12,18,20H,10-11,13H2,1-3H3. The van der Waals surface area contributed by atoms with Crippen LogP contribution in [0.4, 0.5) is 0 Å². The van der Waals surface area contributed by atoms with Crippen molar-refractivity contribution in [2.75, 3.05) is 33.8 Å². The molecule has 0 aliphatic rings. The second kappa shape index (κ2) is 6.35. The summed E-state index contributed by atoms with van der Waals surface area (Å²) in [5.41, 5.74) is 0.720. The van der Waals surface area contributed by atoms with Crippen LogP contribution in [0.15, 0.2) is 42.5 Å². The van der Waals surface area contributed by atoms with E-state index in [9.17, 15) is 5.11 Å². The largest absolute Gasteiger partial charge is 0.394 e. The molecule has 3 nitrogen and oxygen atoms in total. The topological polar surface area (TPSA) is 35.5 Å². The average molecular weight is 272 g/mol. The molecule has 0 aliphatic heterocycles. The highest BCUT2D eigenvalue weighted by Gasteiger charge is 2.25. The first kappa shape index (κ1) is 15.0. The maximum Gasteiger partial charge on any atom is 0.0652 e. The third-order valence-corrected chi connectivity index (χ3v) is 3.78. The van der Waals surface area contributed by atoms with Crippen LogP contribution in [0.5, 0.6) is 0 Å². The minimum atomic E-state index is -0.403. The van der Waals surface area contributed by atoms with Gasteiger partial charge in [-0.05, 0) is 43.4 Å². The second-order valence-corrected chi connectivity index (χ2v) is 5.78. The number of nitrogens with zero attached hydrogens (tertiary/aromatic N) is 1. The van der Waals surface area contributed by atoms with Crippen molar-refractivity contribution in [3.8, 4) is 0 Å². The molecule has 20 heavy (non-hydrogen) atoms. The summed E-state index contributed by atoms with van der Waals surface area (Å²) >= 11 is 0. The van der Waals surface area contributed by atoms with Crippen molar-refractivity contribution in [1.82, 2.24) is 10.2 Å². The van der Waals surface area contributed by atoms with Crippen LogP contribution in [0, 0.1) is 0 Å². The zero-order valence-corrected chi connectivity index (χ0v) is 12.6. The highest BCUT2D eigenvalue weighted by Crippen LogP contribution is 2.24. The van der Waals surface area contributed by atoms with Crippen LogP contribution < -0.4 is 5.32 Å². The second-order valence-electron chi connectivity index (χ2n) is 5.78. The molecule has 0 aromatic heterocycles. The fraction of sp³-hybridized carbons (Fsp3) is 0.412. The summed E-state index contributed by atoms with van der Waals surface area (Å²) < 4.78 is 0. The summed E-state index contributed by atoms with van der Waals surface area (Å²) in [5.74, 6) is 0. The van der Waals surface area contributed by atoms with Gasteiger partial charge in [0, 0.05) is 13.1 Å². The van der Waals surface area contributed by atoms with Crippen LogP contribution in [0.2, 0.25) is 0 Å². The third-order valence-electron chi connectivity index (χ3n) is 3.78. The molecule has 0 radical (unpaired) electrons. The molecule has 1 atom stereocenters. The monoisotopic (exact) mass is 272 g/mol. The van der Waals surface area contributed by atoms with E-state index in [-0.39, 0.29) is 6.61 Å². The molecule has 1 unspecified atom stereocenters. The van der Waals surface area contributed by atoms with E-state index in [0.717, 1.165) is 18.7 Å². The molecule has 0 saturated carbocycles. The number of aliphatic hydroxyl groups excluding tert-OH is 1. The van der Waals surface area contributed by atoms with Gasteiger partial charge in [-0.3, -0.25) is 0 Å². The summed E-state index contributed by atoms with van der Waals surface area (Å²) in [4.78, 5) is 2.13. The molecule has 0 saturated heterocycles. The lowest BCUT2D eigenvalue weighted by Crippen LogP contribution is -2.45. The highest BCUT2D eigenvalue weighted by molar-refractivity contribution is 5.83. The van der Waals surface area contributed by atoms with Gasteiger partial charge in [-0.1, -0.05) is 36.4 Å². The first-order valence-corrected chi connectivity index (χ1v) is 7.05. The zero-order chi connectivity index (χ0) is 14.6. The minimum absolute atomic E-state index is 0.0821. The number of hydrogen-bond acceptors (Lipinski definition) is 3. The molecular weight excluding hydrogens is 248 g/mol. The van der Waals surface area contributed by atoms with Crippen LogP contribution in [0.25, 0.3) is 10.8 Å². The highest BCUT2D eigenvalue weighted by atomic mass is 16.3. The number of hydrogen-bond donors (Lipinski definition) is 2. The van der Waals surface area contributed by atoms with Gasteiger partial charge in [-0.2, -0.15) is 0 Å². The Morgan fingerprint density at radius 1 is 1.10 bits per heavy atom. The smallest absolute Gasteiger partial charge is 0.0652 e. The van der Waals surface area contributed by atoms with Gasteiger partial charge in [0.1, 0.15) is 0 Å². The number of rotatable bonds is 6.